The van der Waals surface area contributed by atoms with Gasteiger partial charge in [-0.2, -0.15) is 5.10 Å². The van der Waals surface area contributed by atoms with E-state index >= 15 is 0 Å². The van der Waals surface area contributed by atoms with E-state index in [1.807, 2.05) is 12.1 Å². The van der Waals surface area contributed by atoms with Crippen molar-refractivity contribution in [2.45, 2.75) is 71.1 Å². The van der Waals surface area contributed by atoms with Crippen molar-refractivity contribution in [2.75, 3.05) is 19.7 Å². The first-order valence-electron chi connectivity index (χ1n) is 10.2. The Kier molecular flexibility index (Phi) is 6.15. The highest BCUT2D eigenvalue weighted by atomic mass is 16.5. The van der Waals surface area contributed by atoms with Crippen molar-refractivity contribution in [3.05, 3.63) is 17.8 Å². The molecular weight excluding hydrogens is 326 g/mol. The van der Waals surface area contributed by atoms with Gasteiger partial charge in [-0.3, -0.25) is 4.79 Å². The number of hydrogen-bond acceptors (Lipinski definition) is 4. The zero-order chi connectivity index (χ0) is 18.6. The molecule has 2 aliphatic rings. The Labute approximate surface area is 157 Å². The molecule has 0 bridgehead atoms. The summed E-state index contributed by atoms with van der Waals surface area (Å²) in [5, 5.41) is 8.46. The largest absolute Gasteiger partial charge is 0.476 e. The van der Waals surface area contributed by atoms with Gasteiger partial charge in [0.05, 0.1) is 12.3 Å². The average Bonchev–Trinajstić information content (AvgIpc) is 3.13. The van der Waals surface area contributed by atoms with Crippen LogP contribution < -0.4 is 4.74 Å². The molecule has 1 amide bonds. The zero-order valence-corrected chi connectivity index (χ0v) is 16.5. The van der Waals surface area contributed by atoms with Crippen molar-refractivity contribution in [1.82, 2.24) is 15.1 Å². The van der Waals surface area contributed by atoms with Gasteiger partial charge >= 0.3 is 0 Å². The molecule has 1 aliphatic heterocycles. The Morgan fingerprint density at radius 3 is 2.35 bits per heavy atom. The summed E-state index contributed by atoms with van der Waals surface area (Å²) in [6.07, 6.45) is 7.88. The summed E-state index contributed by atoms with van der Waals surface area (Å²) in [5.74, 6) is 2.09. The molecule has 0 unspecified atom stereocenters. The van der Waals surface area contributed by atoms with Gasteiger partial charge in [-0.25, -0.2) is 0 Å². The van der Waals surface area contributed by atoms with Crippen LogP contribution >= 0.6 is 0 Å². The molecule has 26 heavy (non-hydrogen) atoms. The van der Waals surface area contributed by atoms with Crippen LogP contribution in [0.1, 0.15) is 71.4 Å². The lowest BCUT2D eigenvalue weighted by atomic mass is 9.92. The number of nitrogens with zero attached hydrogens (tertiary/aromatic N) is 3. The zero-order valence-electron chi connectivity index (χ0n) is 16.5. The van der Waals surface area contributed by atoms with Crippen molar-refractivity contribution >= 4 is 5.91 Å². The molecule has 1 aromatic heterocycles. The van der Waals surface area contributed by atoms with E-state index in [9.17, 15) is 4.79 Å². The van der Waals surface area contributed by atoms with E-state index < -0.39 is 0 Å². The molecule has 1 saturated carbocycles. The SMILES string of the molecule is CC(C)(C)c1ccc(OCC2CCN(C(=O)CC3CCCC3)CC2)nn1. The van der Waals surface area contributed by atoms with E-state index in [1.54, 1.807) is 0 Å². The number of ether oxygens (including phenoxy) is 1. The number of carbonyl (C=O) groups excluding carboxylic acids is 1. The molecule has 1 aliphatic carbocycles. The van der Waals surface area contributed by atoms with Gasteiger partial charge in [0.1, 0.15) is 0 Å². The van der Waals surface area contributed by atoms with Gasteiger partial charge in [0, 0.05) is 31.0 Å². The maximum absolute atomic E-state index is 12.4. The molecule has 0 spiro atoms. The number of hydrogen-bond donors (Lipinski definition) is 0. The molecular formula is C21H33N3O2. The van der Waals surface area contributed by atoms with Crippen LogP contribution in [0.4, 0.5) is 0 Å². The third-order valence-corrected chi connectivity index (χ3v) is 5.78. The maximum atomic E-state index is 12.4. The van der Waals surface area contributed by atoms with Crippen LogP contribution in [0, 0.1) is 11.8 Å². The Morgan fingerprint density at radius 2 is 1.77 bits per heavy atom. The molecule has 3 rings (SSSR count). The molecule has 5 nitrogen and oxygen atoms in total. The molecule has 2 heterocycles. The van der Waals surface area contributed by atoms with Gasteiger partial charge < -0.3 is 9.64 Å². The smallest absolute Gasteiger partial charge is 0.233 e. The fourth-order valence-corrected chi connectivity index (χ4v) is 3.94. The molecule has 0 N–H and O–H groups in total. The topological polar surface area (TPSA) is 55.3 Å². The van der Waals surface area contributed by atoms with Crippen LogP contribution in [0.25, 0.3) is 0 Å². The van der Waals surface area contributed by atoms with Crippen molar-refractivity contribution in [3.8, 4) is 5.88 Å². The number of rotatable bonds is 5. The summed E-state index contributed by atoms with van der Waals surface area (Å²) in [7, 11) is 0. The fraction of sp³-hybridized carbons (Fsp3) is 0.762. The molecule has 1 aromatic rings. The first-order valence-corrected chi connectivity index (χ1v) is 10.2. The molecule has 0 aromatic carbocycles. The van der Waals surface area contributed by atoms with Crippen LogP contribution in [0.5, 0.6) is 5.88 Å². The van der Waals surface area contributed by atoms with Crippen molar-refractivity contribution in [2.24, 2.45) is 11.8 Å². The van der Waals surface area contributed by atoms with Crippen molar-refractivity contribution < 1.29 is 9.53 Å². The number of aromatic nitrogens is 2. The van der Waals surface area contributed by atoms with Crippen LogP contribution in [0.2, 0.25) is 0 Å². The van der Waals surface area contributed by atoms with Crippen LogP contribution in [-0.4, -0.2) is 40.7 Å². The van der Waals surface area contributed by atoms with Gasteiger partial charge in [-0.1, -0.05) is 33.6 Å². The fourth-order valence-electron chi connectivity index (χ4n) is 3.94. The van der Waals surface area contributed by atoms with Crippen LogP contribution in [0.3, 0.4) is 0 Å². The molecule has 0 radical (unpaired) electrons. The molecule has 1 saturated heterocycles. The number of carbonyl (C=O) groups is 1. The molecule has 0 atom stereocenters. The van der Waals surface area contributed by atoms with Gasteiger partial charge in [-0.05, 0) is 43.6 Å². The highest BCUT2D eigenvalue weighted by Crippen LogP contribution is 2.29. The second-order valence-electron chi connectivity index (χ2n) is 9.00. The van der Waals surface area contributed by atoms with E-state index in [0.29, 0.717) is 30.2 Å². The van der Waals surface area contributed by atoms with E-state index in [-0.39, 0.29) is 5.41 Å². The average molecular weight is 360 g/mol. The van der Waals surface area contributed by atoms with Crippen molar-refractivity contribution in [1.29, 1.82) is 0 Å². The maximum Gasteiger partial charge on any atom is 0.233 e. The summed E-state index contributed by atoms with van der Waals surface area (Å²) in [5.41, 5.74) is 0.975. The van der Waals surface area contributed by atoms with E-state index in [0.717, 1.165) is 38.0 Å². The van der Waals surface area contributed by atoms with Gasteiger partial charge in [0.2, 0.25) is 11.8 Å². The number of amides is 1. The van der Waals surface area contributed by atoms with Crippen LogP contribution in [-0.2, 0) is 10.2 Å². The minimum atomic E-state index is 0.00337. The van der Waals surface area contributed by atoms with E-state index in [4.69, 9.17) is 4.74 Å². The molecule has 2 fully saturated rings. The second-order valence-corrected chi connectivity index (χ2v) is 9.00. The molecule has 144 valence electrons. The van der Waals surface area contributed by atoms with E-state index in [1.165, 1.54) is 25.7 Å². The minimum absolute atomic E-state index is 0.00337. The standard InChI is InChI=1S/C21H33N3O2/c1-21(2,3)18-8-9-19(23-22-18)26-15-17-10-12-24(13-11-17)20(25)14-16-6-4-5-7-16/h8-9,16-17H,4-7,10-15H2,1-3H3. The number of piperidine rings is 1. The quantitative estimate of drug-likeness (QED) is 0.798. The van der Waals surface area contributed by atoms with Gasteiger partial charge in [0.15, 0.2) is 0 Å². The first-order chi connectivity index (χ1) is 12.4. The third-order valence-electron chi connectivity index (χ3n) is 5.78. The predicted molar refractivity (Wildman–Crippen MR) is 102 cm³/mol. The highest BCUT2D eigenvalue weighted by Gasteiger charge is 2.26. The Balaban J connectivity index is 1.39. The summed E-state index contributed by atoms with van der Waals surface area (Å²) < 4.78 is 5.84. The summed E-state index contributed by atoms with van der Waals surface area (Å²) >= 11 is 0. The molecule has 5 heteroatoms. The lowest BCUT2D eigenvalue weighted by Gasteiger charge is -2.32. The van der Waals surface area contributed by atoms with Gasteiger partial charge in [-0.15, -0.1) is 5.10 Å². The summed E-state index contributed by atoms with van der Waals surface area (Å²) in [6, 6.07) is 3.90. The number of likely N-dealkylation sites (tertiary alicyclic amines) is 1. The van der Waals surface area contributed by atoms with Crippen LogP contribution in [0.15, 0.2) is 12.1 Å². The first kappa shape index (κ1) is 19.1. The van der Waals surface area contributed by atoms with Crippen molar-refractivity contribution in [3.63, 3.8) is 0 Å². The third kappa shape index (κ3) is 5.18. The van der Waals surface area contributed by atoms with Gasteiger partial charge in [0.25, 0.3) is 0 Å². The lowest BCUT2D eigenvalue weighted by molar-refractivity contribution is -0.133. The summed E-state index contributed by atoms with van der Waals surface area (Å²) in [4.78, 5) is 14.5. The monoisotopic (exact) mass is 359 g/mol. The predicted octanol–water partition coefficient (Wildman–Crippen LogP) is 3.97. The van der Waals surface area contributed by atoms with E-state index in [2.05, 4.69) is 35.9 Å². The summed E-state index contributed by atoms with van der Waals surface area (Å²) in [6.45, 7) is 8.77. The minimum Gasteiger partial charge on any atom is -0.476 e. The lowest BCUT2D eigenvalue weighted by Crippen LogP contribution is -2.40. The highest BCUT2D eigenvalue weighted by molar-refractivity contribution is 5.76. The Morgan fingerprint density at radius 1 is 1.08 bits per heavy atom. The second kappa shape index (κ2) is 8.36. The normalized spacial score (nSPS) is 19.7. The Hall–Kier alpha value is -1.65. The Bertz CT molecular complexity index is 580.